The van der Waals surface area contributed by atoms with Crippen molar-refractivity contribution in [2.75, 3.05) is 0 Å². The molecule has 2 aromatic heterocycles. The fourth-order valence-electron chi connectivity index (χ4n) is 1.94. The Hall–Kier alpha value is -1.64. The van der Waals surface area contributed by atoms with Crippen molar-refractivity contribution in [2.45, 2.75) is 30.6 Å². The molecule has 0 bridgehead atoms. The van der Waals surface area contributed by atoms with Gasteiger partial charge in [0, 0.05) is 18.4 Å². The topological polar surface area (TPSA) is 80.2 Å². The number of nitrogens with one attached hydrogen (secondary N) is 2. The predicted molar refractivity (Wildman–Crippen MR) is 86.1 cm³/mol. The molecule has 0 aromatic carbocycles. The van der Waals surface area contributed by atoms with Gasteiger partial charge in [0.1, 0.15) is 4.21 Å². The van der Waals surface area contributed by atoms with Crippen LogP contribution >= 0.6 is 11.3 Å². The van der Waals surface area contributed by atoms with Crippen LogP contribution < -0.4 is 10.0 Å². The molecule has 22 heavy (non-hydrogen) atoms. The second kappa shape index (κ2) is 6.64. The van der Waals surface area contributed by atoms with E-state index in [-0.39, 0.29) is 10.1 Å². The maximum atomic E-state index is 12.1. The average Bonchev–Trinajstić information content (AvgIpc) is 3.09. The number of carbonyl (C=O) groups excluding carboxylic acids is 1. The number of carbonyl (C=O) groups is 1. The van der Waals surface area contributed by atoms with E-state index in [1.54, 1.807) is 11.4 Å². The van der Waals surface area contributed by atoms with Crippen molar-refractivity contribution in [3.63, 3.8) is 0 Å². The molecular formula is C14H19N3O3S2. The third kappa shape index (κ3) is 3.76. The third-order valence-electron chi connectivity index (χ3n) is 3.41. The van der Waals surface area contributed by atoms with Gasteiger partial charge >= 0.3 is 0 Å². The van der Waals surface area contributed by atoms with Crippen LogP contribution in [-0.4, -0.2) is 24.9 Å². The van der Waals surface area contributed by atoms with Gasteiger partial charge in [-0.2, -0.15) is 4.72 Å². The highest BCUT2D eigenvalue weighted by Crippen LogP contribution is 2.15. The van der Waals surface area contributed by atoms with Crippen LogP contribution in [0.15, 0.2) is 33.9 Å². The molecule has 120 valence electrons. The lowest BCUT2D eigenvalue weighted by molar-refractivity contribution is -0.122. The molecule has 1 amide bonds. The van der Waals surface area contributed by atoms with Gasteiger partial charge in [-0.05, 0) is 37.4 Å². The Morgan fingerprint density at radius 3 is 2.64 bits per heavy atom. The quantitative estimate of drug-likeness (QED) is 0.833. The zero-order valence-corrected chi connectivity index (χ0v) is 14.3. The Balaban J connectivity index is 1.94. The van der Waals surface area contributed by atoms with Gasteiger partial charge in [-0.15, -0.1) is 11.3 Å². The molecule has 8 heteroatoms. The highest BCUT2D eigenvalue weighted by atomic mass is 32.2. The number of aryl methyl sites for hydroxylation is 1. The molecule has 0 saturated heterocycles. The molecule has 1 atom stereocenters. The second-order valence-electron chi connectivity index (χ2n) is 5.02. The van der Waals surface area contributed by atoms with Crippen LogP contribution in [0.5, 0.6) is 0 Å². The third-order valence-corrected chi connectivity index (χ3v) is 6.34. The molecule has 0 radical (unpaired) electrons. The van der Waals surface area contributed by atoms with Crippen LogP contribution in [0.25, 0.3) is 0 Å². The summed E-state index contributed by atoms with van der Waals surface area (Å²) in [5.74, 6) is -0.362. The van der Waals surface area contributed by atoms with E-state index in [0.717, 1.165) is 22.7 Å². The smallest absolute Gasteiger partial charge is 0.250 e. The van der Waals surface area contributed by atoms with E-state index in [4.69, 9.17) is 0 Å². The van der Waals surface area contributed by atoms with E-state index in [0.29, 0.717) is 6.54 Å². The van der Waals surface area contributed by atoms with Gasteiger partial charge in [0.25, 0.3) is 10.0 Å². The number of amides is 1. The monoisotopic (exact) mass is 341 g/mol. The molecule has 2 aromatic rings. The number of hydrogen-bond acceptors (Lipinski definition) is 4. The first-order chi connectivity index (χ1) is 10.3. The van der Waals surface area contributed by atoms with Crippen molar-refractivity contribution < 1.29 is 13.2 Å². The Kier molecular flexibility index (Phi) is 5.05. The van der Waals surface area contributed by atoms with Gasteiger partial charge < -0.3 is 9.88 Å². The van der Waals surface area contributed by atoms with Gasteiger partial charge in [-0.3, -0.25) is 4.79 Å². The van der Waals surface area contributed by atoms with Crippen molar-refractivity contribution in [2.24, 2.45) is 7.05 Å². The second-order valence-corrected chi connectivity index (χ2v) is 7.91. The summed E-state index contributed by atoms with van der Waals surface area (Å²) in [4.78, 5) is 12.0. The van der Waals surface area contributed by atoms with Gasteiger partial charge in [0.05, 0.1) is 12.6 Å². The van der Waals surface area contributed by atoms with Crippen molar-refractivity contribution in [3.8, 4) is 0 Å². The van der Waals surface area contributed by atoms with Crippen LogP contribution in [0.1, 0.15) is 18.3 Å². The lowest BCUT2D eigenvalue weighted by Gasteiger charge is -2.14. The Bertz CT molecular complexity index is 748. The molecule has 0 aliphatic rings. The summed E-state index contributed by atoms with van der Waals surface area (Å²) in [6.45, 7) is 3.86. The first-order valence-corrected chi connectivity index (χ1v) is 9.12. The van der Waals surface area contributed by atoms with Crippen molar-refractivity contribution in [1.29, 1.82) is 0 Å². The number of thiophene rings is 1. The lowest BCUT2D eigenvalue weighted by Crippen LogP contribution is -2.44. The number of rotatable bonds is 6. The molecule has 2 heterocycles. The SMILES string of the molecule is Cc1ccc(CNC(=O)[C@H](C)NS(=O)(=O)c2cccs2)n1C. The highest BCUT2D eigenvalue weighted by molar-refractivity contribution is 7.91. The zero-order valence-electron chi connectivity index (χ0n) is 12.7. The molecule has 2 N–H and O–H groups in total. The molecule has 0 fully saturated rings. The molecule has 0 unspecified atom stereocenters. The Morgan fingerprint density at radius 1 is 1.36 bits per heavy atom. The van der Waals surface area contributed by atoms with Gasteiger partial charge in [-0.1, -0.05) is 6.07 Å². The first kappa shape index (κ1) is 16.7. The molecule has 0 saturated carbocycles. The Morgan fingerprint density at radius 2 is 2.09 bits per heavy atom. The molecule has 0 aliphatic heterocycles. The number of aromatic nitrogens is 1. The summed E-state index contributed by atoms with van der Waals surface area (Å²) in [5, 5.41) is 4.42. The normalized spacial score (nSPS) is 13.0. The zero-order chi connectivity index (χ0) is 16.3. The van der Waals surface area contributed by atoms with E-state index >= 15 is 0 Å². The summed E-state index contributed by atoms with van der Waals surface area (Å²) in [6.07, 6.45) is 0. The number of hydrogen-bond donors (Lipinski definition) is 2. The number of sulfonamides is 1. The van der Waals surface area contributed by atoms with Crippen molar-refractivity contribution in [3.05, 3.63) is 41.0 Å². The van der Waals surface area contributed by atoms with E-state index in [2.05, 4.69) is 10.0 Å². The van der Waals surface area contributed by atoms with E-state index < -0.39 is 16.1 Å². The highest BCUT2D eigenvalue weighted by Gasteiger charge is 2.22. The van der Waals surface area contributed by atoms with Crippen LogP contribution in [0.2, 0.25) is 0 Å². The largest absolute Gasteiger partial charge is 0.350 e. The lowest BCUT2D eigenvalue weighted by atomic mass is 10.3. The molecule has 0 aliphatic carbocycles. The van der Waals surface area contributed by atoms with Gasteiger partial charge in [0.15, 0.2) is 0 Å². The van der Waals surface area contributed by atoms with E-state index in [1.165, 1.54) is 13.0 Å². The fraction of sp³-hybridized carbons (Fsp3) is 0.357. The van der Waals surface area contributed by atoms with Crippen LogP contribution in [-0.2, 0) is 28.4 Å². The van der Waals surface area contributed by atoms with Crippen LogP contribution in [0, 0.1) is 6.92 Å². The summed E-state index contributed by atoms with van der Waals surface area (Å²) in [7, 11) is -1.73. The van der Waals surface area contributed by atoms with Crippen LogP contribution in [0.3, 0.4) is 0 Å². The summed E-state index contributed by atoms with van der Waals surface area (Å²) in [5.41, 5.74) is 2.05. The molecule has 6 nitrogen and oxygen atoms in total. The first-order valence-electron chi connectivity index (χ1n) is 6.76. The number of nitrogens with zero attached hydrogens (tertiary/aromatic N) is 1. The van der Waals surface area contributed by atoms with Gasteiger partial charge in [-0.25, -0.2) is 8.42 Å². The maximum absolute atomic E-state index is 12.1. The predicted octanol–water partition coefficient (Wildman–Crippen LogP) is 1.38. The minimum absolute atomic E-state index is 0.199. The fourth-order valence-corrected chi connectivity index (χ4v) is 4.15. The average molecular weight is 341 g/mol. The minimum Gasteiger partial charge on any atom is -0.350 e. The van der Waals surface area contributed by atoms with E-state index in [1.807, 2.05) is 30.7 Å². The maximum Gasteiger partial charge on any atom is 0.250 e. The summed E-state index contributed by atoms with van der Waals surface area (Å²) >= 11 is 1.11. The standard InChI is InChI=1S/C14H19N3O3S2/c1-10-6-7-12(17(10)3)9-15-14(18)11(2)16-22(19,20)13-5-4-8-21-13/h4-8,11,16H,9H2,1-3H3,(H,15,18)/t11-/m0/s1. The molecular weight excluding hydrogens is 322 g/mol. The van der Waals surface area contributed by atoms with E-state index in [9.17, 15) is 13.2 Å². The molecule has 2 rings (SSSR count). The summed E-state index contributed by atoms with van der Waals surface area (Å²) in [6, 6.07) is 6.21. The van der Waals surface area contributed by atoms with Crippen molar-refractivity contribution in [1.82, 2.24) is 14.6 Å². The molecule has 0 spiro atoms. The summed E-state index contributed by atoms with van der Waals surface area (Å²) < 4.78 is 28.7. The van der Waals surface area contributed by atoms with Crippen molar-refractivity contribution >= 4 is 27.3 Å². The Labute approximate surface area is 134 Å². The van der Waals surface area contributed by atoms with Crippen LogP contribution in [0.4, 0.5) is 0 Å². The van der Waals surface area contributed by atoms with Gasteiger partial charge in [0.2, 0.25) is 5.91 Å². The minimum atomic E-state index is -3.65.